The highest BCUT2D eigenvalue weighted by Crippen LogP contribution is 2.42. The van der Waals surface area contributed by atoms with Gasteiger partial charge < -0.3 is 10.6 Å². The molecule has 20 heavy (non-hydrogen) atoms. The Balaban J connectivity index is 2.12. The number of amides is 1. The predicted octanol–water partition coefficient (Wildman–Crippen LogP) is 2.94. The second-order valence-electron chi connectivity index (χ2n) is 4.43. The molecule has 2 N–H and O–H groups in total. The van der Waals surface area contributed by atoms with Gasteiger partial charge in [-0.2, -0.15) is 0 Å². The number of nitrogens with zero attached hydrogens (tertiary/aromatic N) is 1. The van der Waals surface area contributed by atoms with Crippen molar-refractivity contribution < 1.29 is 13.6 Å². The first kappa shape index (κ1) is 13.0. The maximum absolute atomic E-state index is 14.0. The van der Waals surface area contributed by atoms with Gasteiger partial charge in [0, 0.05) is 19.4 Å². The van der Waals surface area contributed by atoms with Gasteiger partial charge in [0.2, 0.25) is 5.91 Å². The van der Waals surface area contributed by atoms with Crippen LogP contribution in [0.4, 0.5) is 19.7 Å². The van der Waals surface area contributed by atoms with Crippen LogP contribution in [-0.4, -0.2) is 17.9 Å². The van der Waals surface area contributed by atoms with Crippen molar-refractivity contribution in [2.45, 2.75) is 12.3 Å². The number of carbonyl (C=O) groups excluding carboxylic acids is 1. The van der Waals surface area contributed by atoms with E-state index in [1.807, 2.05) is 0 Å². The van der Waals surface area contributed by atoms with Gasteiger partial charge in [-0.3, -0.25) is 4.79 Å². The molecule has 1 aromatic carbocycles. The van der Waals surface area contributed by atoms with Gasteiger partial charge in [0.05, 0.1) is 4.88 Å². The van der Waals surface area contributed by atoms with Gasteiger partial charge in [-0.25, -0.2) is 13.8 Å². The normalized spacial score (nSPS) is 17.6. The number of hydrogen-bond donors (Lipinski definition) is 2. The molecule has 1 aromatic heterocycles. The monoisotopic (exact) mass is 295 g/mol. The van der Waals surface area contributed by atoms with E-state index in [9.17, 15) is 13.6 Å². The van der Waals surface area contributed by atoms with E-state index in [1.165, 1.54) is 23.5 Å². The number of hydrogen-bond acceptors (Lipinski definition) is 4. The molecule has 0 saturated heterocycles. The van der Waals surface area contributed by atoms with Gasteiger partial charge >= 0.3 is 0 Å². The molecule has 1 aliphatic rings. The fraction of sp³-hybridized carbons (Fsp3) is 0.231. The van der Waals surface area contributed by atoms with E-state index in [-0.39, 0.29) is 17.9 Å². The molecule has 1 atom stereocenters. The smallest absolute Gasteiger partial charge is 0.226 e. The molecule has 2 aromatic rings. The maximum atomic E-state index is 14.0. The summed E-state index contributed by atoms with van der Waals surface area (Å²) in [5.41, 5.74) is 0.187. The number of nitrogens with one attached hydrogen (secondary N) is 2. The minimum atomic E-state index is -0.909. The molecular formula is C13H11F2N3OS. The second-order valence-corrected chi connectivity index (χ2v) is 5.46. The Labute approximate surface area is 117 Å². The lowest BCUT2D eigenvalue weighted by Gasteiger charge is -2.22. The molecule has 2 heterocycles. The Kier molecular flexibility index (Phi) is 3.13. The number of thiazole rings is 1. The van der Waals surface area contributed by atoms with E-state index in [4.69, 9.17) is 0 Å². The second kappa shape index (κ2) is 4.82. The van der Waals surface area contributed by atoms with E-state index in [2.05, 4.69) is 15.6 Å². The van der Waals surface area contributed by atoms with Crippen molar-refractivity contribution in [2.24, 2.45) is 0 Å². The fourth-order valence-electron chi connectivity index (χ4n) is 2.27. The van der Waals surface area contributed by atoms with Gasteiger partial charge in [-0.1, -0.05) is 23.5 Å². The summed E-state index contributed by atoms with van der Waals surface area (Å²) in [6.45, 7) is 0. The average Bonchev–Trinajstić information content (AvgIpc) is 2.84. The van der Waals surface area contributed by atoms with E-state index in [1.54, 1.807) is 7.05 Å². The molecule has 4 nitrogen and oxygen atoms in total. The first-order valence-electron chi connectivity index (χ1n) is 6.02. The average molecular weight is 295 g/mol. The highest BCUT2D eigenvalue weighted by atomic mass is 32.1. The molecule has 3 rings (SSSR count). The lowest BCUT2D eigenvalue weighted by Crippen LogP contribution is -2.23. The summed E-state index contributed by atoms with van der Waals surface area (Å²) in [4.78, 5) is 16.7. The van der Waals surface area contributed by atoms with Crippen molar-refractivity contribution in [1.29, 1.82) is 0 Å². The fourth-order valence-corrected chi connectivity index (χ4v) is 3.26. The standard InChI is InChI=1S/C13H11F2N3OS/c1-16-13-18-12-11(20-13)7(5-9(19)17-12)6-3-2-4-8(14)10(6)15/h2-4,7H,5H2,1H3,(H,16,18)(H,17,19). The van der Waals surface area contributed by atoms with Crippen molar-refractivity contribution in [3.05, 3.63) is 40.3 Å². The van der Waals surface area contributed by atoms with Crippen molar-refractivity contribution in [3.63, 3.8) is 0 Å². The van der Waals surface area contributed by atoms with Gasteiger partial charge in [-0.05, 0) is 11.6 Å². The van der Waals surface area contributed by atoms with E-state index in [0.717, 1.165) is 10.9 Å². The summed E-state index contributed by atoms with van der Waals surface area (Å²) >= 11 is 1.33. The molecule has 0 radical (unpaired) electrons. The largest absolute Gasteiger partial charge is 0.365 e. The van der Waals surface area contributed by atoms with Crippen LogP contribution in [0.1, 0.15) is 22.8 Å². The molecule has 0 spiro atoms. The minimum absolute atomic E-state index is 0.0821. The highest BCUT2D eigenvalue weighted by Gasteiger charge is 2.32. The van der Waals surface area contributed by atoms with Crippen molar-refractivity contribution in [1.82, 2.24) is 4.98 Å². The molecule has 7 heteroatoms. The summed E-state index contributed by atoms with van der Waals surface area (Å²) < 4.78 is 27.3. The van der Waals surface area contributed by atoms with Crippen molar-refractivity contribution in [2.75, 3.05) is 17.7 Å². The molecule has 0 saturated carbocycles. The Morgan fingerprint density at radius 3 is 3.00 bits per heavy atom. The highest BCUT2D eigenvalue weighted by molar-refractivity contribution is 7.16. The molecular weight excluding hydrogens is 284 g/mol. The minimum Gasteiger partial charge on any atom is -0.365 e. The van der Waals surface area contributed by atoms with Crippen LogP contribution in [0.3, 0.4) is 0 Å². The Morgan fingerprint density at radius 1 is 1.45 bits per heavy atom. The maximum Gasteiger partial charge on any atom is 0.226 e. The number of aromatic nitrogens is 1. The Bertz CT molecular complexity index is 686. The van der Waals surface area contributed by atoms with E-state index >= 15 is 0 Å². The van der Waals surface area contributed by atoms with Crippen molar-refractivity contribution >= 4 is 28.2 Å². The third-order valence-corrected chi connectivity index (χ3v) is 4.37. The lowest BCUT2D eigenvalue weighted by molar-refractivity contribution is -0.116. The molecule has 1 amide bonds. The van der Waals surface area contributed by atoms with Gasteiger partial charge in [-0.15, -0.1) is 0 Å². The van der Waals surface area contributed by atoms with Crippen LogP contribution in [0.5, 0.6) is 0 Å². The summed E-state index contributed by atoms with van der Waals surface area (Å²) in [5, 5.41) is 6.16. The zero-order valence-electron chi connectivity index (χ0n) is 10.5. The third-order valence-electron chi connectivity index (χ3n) is 3.19. The van der Waals surface area contributed by atoms with Crippen LogP contribution >= 0.6 is 11.3 Å². The zero-order chi connectivity index (χ0) is 14.3. The molecule has 0 bridgehead atoms. The van der Waals surface area contributed by atoms with Crippen molar-refractivity contribution in [3.8, 4) is 0 Å². The van der Waals surface area contributed by atoms with Crippen LogP contribution in [0.25, 0.3) is 0 Å². The topological polar surface area (TPSA) is 54.0 Å². The SMILES string of the molecule is CNc1nc2c(s1)C(c1cccc(F)c1F)CC(=O)N2. The Hall–Kier alpha value is -2.02. The van der Waals surface area contributed by atoms with Gasteiger partial charge in [0.15, 0.2) is 16.8 Å². The summed E-state index contributed by atoms with van der Waals surface area (Å²) in [7, 11) is 1.71. The summed E-state index contributed by atoms with van der Waals surface area (Å²) in [6.07, 6.45) is 0.0821. The van der Waals surface area contributed by atoms with Gasteiger partial charge in [0.1, 0.15) is 5.82 Å². The van der Waals surface area contributed by atoms with E-state index in [0.29, 0.717) is 10.9 Å². The first-order valence-corrected chi connectivity index (χ1v) is 6.84. The lowest BCUT2D eigenvalue weighted by atomic mass is 9.91. The molecule has 0 fully saturated rings. The number of anilines is 2. The number of carbonyl (C=O) groups is 1. The number of fused-ring (bicyclic) bond motifs is 1. The molecule has 1 unspecified atom stereocenters. The van der Waals surface area contributed by atoms with Crippen LogP contribution in [0.2, 0.25) is 0 Å². The molecule has 1 aliphatic heterocycles. The number of benzene rings is 1. The zero-order valence-corrected chi connectivity index (χ0v) is 11.4. The number of halogens is 2. The molecule has 104 valence electrons. The third kappa shape index (κ3) is 2.03. The summed E-state index contributed by atoms with van der Waals surface area (Å²) in [6, 6.07) is 4.01. The van der Waals surface area contributed by atoms with Crippen LogP contribution < -0.4 is 10.6 Å². The quantitative estimate of drug-likeness (QED) is 0.895. The molecule has 0 aliphatic carbocycles. The van der Waals surface area contributed by atoms with E-state index < -0.39 is 17.6 Å². The number of rotatable bonds is 2. The van der Waals surface area contributed by atoms with Crippen LogP contribution in [0, 0.1) is 11.6 Å². The van der Waals surface area contributed by atoms with Crippen LogP contribution in [-0.2, 0) is 4.79 Å². The predicted molar refractivity (Wildman–Crippen MR) is 73.1 cm³/mol. The van der Waals surface area contributed by atoms with Gasteiger partial charge in [0.25, 0.3) is 0 Å². The van der Waals surface area contributed by atoms with Crippen LogP contribution in [0.15, 0.2) is 18.2 Å². The Morgan fingerprint density at radius 2 is 2.25 bits per heavy atom. The first-order chi connectivity index (χ1) is 9.60. The summed E-state index contributed by atoms with van der Waals surface area (Å²) in [5.74, 6) is -2.15.